The number of carbonyl (C=O) groups is 1. The molecule has 0 aliphatic carbocycles. The summed E-state index contributed by atoms with van der Waals surface area (Å²) in [5.74, 6) is 2.74. The van der Waals surface area contributed by atoms with E-state index in [2.05, 4.69) is 4.90 Å². The van der Waals surface area contributed by atoms with E-state index in [-0.39, 0.29) is 5.78 Å². The van der Waals surface area contributed by atoms with E-state index in [1.165, 1.54) is 0 Å². The third-order valence-corrected chi connectivity index (χ3v) is 4.59. The minimum absolute atomic E-state index is 0.0805. The van der Waals surface area contributed by atoms with Crippen LogP contribution in [0.4, 0.5) is 0 Å². The SMILES string of the molecule is O=C(CN1CCSSCC1)c1ccco1. The topological polar surface area (TPSA) is 33.5 Å². The summed E-state index contributed by atoms with van der Waals surface area (Å²) in [6.07, 6.45) is 1.54. The Hall–Kier alpha value is -0.390. The Morgan fingerprint density at radius 2 is 2.13 bits per heavy atom. The van der Waals surface area contributed by atoms with Crippen LogP contribution in [0.25, 0.3) is 0 Å². The molecule has 0 radical (unpaired) electrons. The summed E-state index contributed by atoms with van der Waals surface area (Å²) in [5.41, 5.74) is 0. The molecule has 0 atom stereocenters. The van der Waals surface area contributed by atoms with E-state index in [9.17, 15) is 4.79 Å². The van der Waals surface area contributed by atoms with E-state index in [0.29, 0.717) is 12.3 Å². The Morgan fingerprint density at radius 3 is 2.73 bits per heavy atom. The molecule has 1 aliphatic heterocycles. The zero-order valence-corrected chi connectivity index (χ0v) is 9.98. The van der Waals surface area contributed by atoms with Gasteiger partial charge in [0.25, 0.3) is 0 Å². The van der Waals surface area contributed by atoms with E-state index in [4.69, 9.17) is 4.42 Å². The highest BCUT2D eigenvalue weighted by Gasteiger charge is 2.16. The fraction of sp³-hybridized carbons (Fsp3) is 0.500. The molecule has 1 fully saturated rings. The largest absolute Gasteiger partial charge is 0.461 e. The third-order valence-electron chi connectivity index (χ3n) is 2.23. The van der Waals surface area contributed by atoms with Gasteiger partial charge in [-0.15, -0.1) is 0 Å². The maximum Gasteiger partial charge on any atom is 0.211 e. The second-order valence-corrected chi connectivity index (χ2v) is 6.02. The molecule has 5 heteroatoms. The molecule has 0 unspecified atom stereocenters. The first-order chi connectivity index (χ1) is 7.36. The molecule has 1 aliphatic rings. The minimum atomic E-state index is 0.0805. The summed E-state index contributed by atoms with van der Waals surface area (Å²) >= 11 is 0. The average molecular weight is 243 g/mol. The summed E-state index contributed by atoms with van der Waals surface area (Å²) in [6, 6.07) is 3.48. The number of carbonyl (C=O) groups excluding carboxylic acids is 1. The Kier molecular flexibility index (Phi) is 4.17. The number of furan rings is 1. The van der Waals surface area contributed by atoms with Gasteiger partial charge in [0, 0.05) is 24.6 Å². The van der Waals surface area contributed by atoms with Crippen molar-refractivity contribution in [1.82, 2.24) is 4.90 Å². The molecule has 0 amide bonds. The van der Waals surface area contributed by atoms with Gasteiger partial charge in [-0.25, -0.2) is 0 Å². The molecule has 1 aromatic rings. The summed E-state index contributed by atoms with van der Waals surface area (Å²) in [7, 11) is 3.77. The van der Waals surface area contributed by atoms with Crippen LogP contribution < -0.4 is 0 Å². The zero-order chi connectivity index (χ0) is 10.5. The molecule has 15 heavy (non-hydrogen) atoms. The quantitative estimate of drug-likeness (QED) is 0.600. The van der Waals surface area contributed by atoms with Crippen molar-refractivity contribution in [3.8, 4) is 0 Å². The maximum absolute atomic E-state index is 11.7. The van der Waals surface area contributed by atoms with Crippen LogP contribution in [0.2, 0.25) is 0 Å². The first-order valence-electron chi connectivity index (χ1n) is 4.90. The molecule has 0 saturated carbocycles. The zero-order valence-electron chi connectivity index (χ0n) is 8.35. The number of ketones is 1. The van der Waals surface area contributed by atoms with Crippen LogP contribution in [0.3, 0.4) is 0 Å². The van der Waals surface area contributed by atoms with Crippen LogP contribution in [0.5, 0.6) is 0 Å². The molecule has 0 N–H and O–H groups in total. The number of rotatable bonds is 3. The molecule has 0 aromatic carbocycles. The Balaban J connectivity index is 1.87. The normalized spacial score (nSPS) is 18.7. The number of hydrogen-bond acceptors (Lipinski definition) is 5. The molecule has 2 heterocycles. The van der Waals surface area contributed by atoms with Crippen molar-refractivity contribution in [2.75, 3.05) is 31.1 Å². The highest BCUT2D eigenvalue weighted by atomic mass is 33.1. The predicted molar refractivity (Wildman–Crippen MR) is 64.4 cm³/mol. The summed E-state index contributed by atoms with van der Waals surface area (Å²) < 4.78 is 5.08. The van der Waals surface area contributed by atoms with Crippen molar-refractivity contribution in [3.05, 3.63) is 24.2 Å². The molecule has 1 aromatic heterocycles. The highest BCUT2D eigenvalue weighted by Crippen LogP contribution is 2.23. The molecule has 0 spiro atoms. The molecule has 2 rings (SSSR count). The van der Waals surface area contributed by atoms with Gasteiger partial charge in [0.15, 0.2) is 5.76 Å². The smallest absolute Gasteiger partial charge is 0.211 e. The van der Waals surface area contributed by atoms with Crippen LogP contribution in [0.15, 0.2) is 22.8 Å². The lowest BCUT2D eigenvalue weighted by atomic mass is 10.3. The molecule has 1 saturated heterocycles. The minimum Gasteiger partial charge on any atom is -0.461 e. The number of hydrogen-bond donors (Lipinski definition) is 0. The van der Waals surface area contributed by atoms with Crippen LogP contribution in [-0.4, -0.2) is 41.8 Å². The van der Waals surface area contributed by atoms with Gasteiger partial charge in [-0.05, 0) is 12.1 Å². The fourth-order valence-electron chi connectivity index (χ4n) is 1.44. The molecular formula is C10H13NO2S2. The molecule has 3 nitrogen and oxygen atoms in total. The van der Waals surface area contributed by atoms with Crippen molar-refractivity contribution in [2.24, 2.45) is 0 Å². The first kappa shape index (κ1) is 11.1. The monoisotopic (exact) mass is 243 g/mol. The molecular weight excluding hydrogens is 230 g/mol. The first-order valence-corrected chi connectivity index (χ1v) is 7.38. The second-order valence-electron chi connectivity index (χ2n) is 3.32. The average Bonchev–Trinajstić information content (AvgIpc) is 2.65. The second kappa shape index (κ2) is 5.63. The third kappa shape index (κ3) is 3.29. The van der Waals surface area contributed by atoms with Gasteiger partial charge in [-0.3, -0.25) is 9.69 Å². The maximum atomic E-state index is 11.7. The standard InChI is InChI=1S/C10H13NO2S2/c12-9(10-2-1-5-13-10)8-11-3-6-14-15-7-4-11/h1-2,5H,3-4,6-8H2. The van der Waals surface area contributed by atoms with Crippen molar-refractivity contribution in [2.45, 2.75) is 0 Å². The van der Waals surface area contributed by atoms with Crippen LogP contribution in [0, 0.1) is 0 Å². The van der Waals surface area contributed by atoms with E-state index < -0.39 is 0 Å². The van der Waals surface area contributed by atoms with Crippen molar-refractivity contribution in [3.63, 3.8) is 0 Å². The summed E-state index contributed by atoms with van der Waals surface area (Å²) in [4.78, 5) is 13.9. The van der Waals surface area contributed by atoms with Gasteiger partial charge in [0.05, 0.1) is 12.8 Å². The van der Waals surface area contributed by atoms with Crippen molar-refractivity contribution < 1.29 is 9.21 Å². The van der Waals surface area contributed by atoms with E-state index in [1.807, 2.05) is 21.6 Å². The lowest BCUT2D eigenvalue weighted by Crippen LogP contribution is -2.32. The number of Topliss-reactive ketones (excluding diaryl/α,β-unsaturated/α-hetero) is 1. The lowest BCUT2D eigenvalue weighted by Gasteiger charge is -2.16. The van der Waals surface area contributed by atoms with Crippen LogP contribution in [0.1, 0.15) is 10.6 Å². The lowest BCUT2D eigenvalue weighted by molar-refractivity contribution is 0.0911. The van der Waals surface area contributed by atoms with Gasteiger partial charge in [0.1, 0.15) is 0 Å². The summed E-state index contributed by atoms with van der Waals surface area (Å²) in [6.45, 7) is 2.46. The number of nitrogens with zero attached hydrogens (tertiary/aromatic N) is 1. The fourth-order valence-corrected chi connectivity index (χ4v) is 3.49. The van der Waals surface area contributed by atoms with Crippen molar-refractivity contribution in [1.29, 1.82) is 0 Å². The summed E-state index contributed by atoms with van der Waals surface area (Å²) in [5, 5.41) is 0. The Bertz CT molecular complexity index is 305. The van der Waals surface area contributed by atoms with Crippen molar-refractivity contribution >= 4 is 27.4 Å². The van der Waals surface area contributed by atoms with Gasteiger partial charge in [-0.2, -0.15) is 0 Å². The Morgan fingerprint density at radius 1 is 1.40 bits per heavy atom. The highest BCUT2D eigenvalue weighted by molar-refractivity contribution is 8.76. The van der Waals surface area contributed by atoms with Crippen LogP contribution in [-0.2, 0) is 0 Å². The van der Waals surface area contributed by atoms with Gasteiger partial charge >= 0.3 is 0 Å². The van der Waals surface area contributed by atoms with E-state index in [0.717, 1.165) is 24.6 Å². The van der Waals surface area contributed by atoms with Crippen LogP contribution >= 0.6 is 21.6 Å². The van der Waals surface area contributed by atoms with E-state index >= 15 is 0 Å². The van der Waals surface area contributed by atoms with Gasteiger partial charge < -0.3 is 4.42 Å². The molecule has 0 bridgehead atoms. The van der Waals surface area contributed by atoms with Gasteiger partial charge in [-0.1, -0.05) is 21.6 Å². The predicted octanol–water partition coefficient (Wildman–Crippen LogP) is 2.16. The van der Waals surface area contributed by atoms with E-state index in [1.54, 1.807) is 18.4 Å². The molecule has 82 valence electrons. The Labute approximate surface area is 97.0 Å². The van der Waals surface area contributed by atoms with Gasteiger partial charge in [0.2, 0.25) is 5.78 Å².